The summed E-state index contributed by atoms with van der Waals surface area (Å²) in [6.07, 6.45) is 8.08. The van der Waals surface area contributed by atoms with Crippen LogP contribution in [0.25, 0.3) is 0 Å². The number of amides is 1. The van der Waals surface area contributed by atoms with Crippen molar-refractivity contribution in [2.75, 3.05) is 6.54 Å². The van der Waals surface area contributed by atoms with E-state index in [0.717, 1.165) is 5.69 Å². The van der Waals surface area contributed by atoms with Crippen LogP contribution in [0.3, 0.4) is 0 Å². The monoisotopic (exact) mass is 247 g/mol. The molecule has 98 valence electrons. The summed E-state index contributed by atoms with van der Waals surface area (Å²) in [4.78, 5) is 12.3. The molecule has 2 aliphatic rings. The molecule has 2 aliphatic carbocycles. The maximum Gasteiger partial charge on any atom is 0.268 e. The Kier molecular flexibility index (Phi) is 3.12. The van der Waals surface area contributed by atoms with E-state index in [1.54, 1.807) is 0 Å². The smallest absolute Gasteiger partial charge is 0.268 e. The fourth-order valence-corrected chi connectivity index (χ4v) is 2.68. The number of hydrogen-bond donors (Lipinski definition) is 2. The van der Waals surface area contributed by atoms with Gasteiger partial charge in [0.2, 0.25) is 0 Å². The second-order valence-electron chi connectivity index (χ2n) is 5.54. The topological polar surface area (TPSA) is 60.0 Å². The van der Waals surface area contributed by atoms with Crippen molar-refractivity contribution in [1.82, 2.24) is 9.88 Å². The fourth-order valence-electron chi connectivity index (χ4n) is 2.68. The molecule has 1 aromatic heterocycles. The van der Waals surface area contributed by atoms with Gasteiger partial charge in [-0.05, 0) is 50.2 Å². The second-order valence-corrected chi connectivity index (χ2v) is 5.54. The number of aromatic nitrogens is 1. The van der Waals surface area contributed by atoms with Crippen LogP contribution in [0.15, 0.2) is 18.3 Å². The molecule has 1 heterocycles. The quantitative estimate of drug-likeness (QED) is 0.831. The lowest BCUT2D eigenvalue weighted by atomic mass is 9.93. The molecule has 0 spiro atoms. The summed E-state index contributed by atoms with van der Waals surface area (Å²) in [6, 6.07) is 4.55. The first-order valence-corrected chi connectivity index (χ1v) is 6.97. The molecule has 1 unspecified atom stereocenters. The van der Waals surface area contributed by atoms with Crippen LogP contribution in [0.2, 0.25) is 0 Å². The third-order valence-electron chi connectivity index (χ3n) is 4.24. The van der Waals surface area contributed by atoms with Gasteiger partial charge in [-0.3, -0.25) is 4.79 Å². The van der Waals surface area contributed by atoms with Crippen LogP contribution in [0.1, 0.15) is 48.6 Å². The van der Waals surface area contributed by atoms with Gasteiger partial charge in [0.1, 0.15) is 5.69 Å². The van der Waals surface area contributed by atoms with Gasteiger partial charge in [-0.1, -0.05) is 0 Å². The molecule has 0 bridgehead atoms. The lowest BCUT2D eigenvalue weighted by molar-refractivity contribution is 0.0918. The Bertz CT molecular complexity index is 432. The molecule has 18 heavy (non-hydrogen) atoms. The molecule has 1 atom stereocenters. The van der Waals surface area contributed by atoms with Gasteiger partial charge >= 0.3 is 0 Å². The van der Waals surface area contributed by atoms with E-state index in [-0.39, 0.29) is 11.9 Å². The lowest BCUT2D eigenvalue weighted by Crippen LogP contribution is -2.42. The van der Waals surface area contributed by atoms with Crippen molar-refractivity contribution in [2.24, 2.45) is 11.7 Å². The van der Waals surface area contributed by atoms with Gasteiger partial charge in [-0.2, -0.15) is 0 Å². The van der Waals surface area contributed by atoms with E-state index in [2.05, 4.69) is 9.88 Å². The fraction of sp³-hybridized carbons (Fsp3) is 0.643. The molecule has 1 amide bonds. The van der Waals surface area contributed by atoms with Crippen LogP contribution in [-0.2, 0) is 0 Å². The molecule has 3 rings (SSSR count). The van der Waals surface area contributed by atoms with Gasteiger partial charge < -0.3 is 15.6 Å². The van der Waals surface area contributed by atoms with Crippen molar-refractivity contribution in [3.8, 4) is 0 Å². The van der Waals surface area contributed by atoms with E-state index in [4.69, 9.17) is 5.73 Å². The van der Waals surface area contributed by atoms with Crippen LogP contribution in [0.5, 0.6) is 0 Å². The first kappa shape index (κ1) is 11.8. The molecule has 4 heteroatoms. The molecule has 0 saturated heterocycles. The lowest BCUT2D eigenvalue weighted by Gasteiger charge is -2.29. The average Bonchev–Trinajstić information content (AvgIpc) is 3.03. The zero-order chi connectivity index (χ0) is 12.5. The highest BCUT2D eigenvalue weighted by atomic mass is 16.2. The minimum atomic E-state index is 0.0363. The number of nitrogens with zero attached hydrogens (tertiary/aromatic N) is 1. The SMILES string of the molecule is NCC(NC(=O)c1cccn1C1CCC1)C1CC1. The highest BCUT2D eigenvalue weighted by Gasteiger charge is 2.32. The summed E-state index contributed by atoms with van der Waals surface area (Å²) in [7, 11) is 0. The van der Waals surface area contributed by atoms with Crippen LogP contribution in [-0.4, -0.2) is 23.1 Å². The van der Waals surface area contributed by atoms with Crippen LogP contribution < -0.4 is 11.1 Å². The van der Waals surface area contributed by atoms with E-state index in [1.165, 1.54) is 32.1 Å². The van der Waals surface area contributed by atoms with Gasteiger partial charge in [-0.25, -0.2) is 0 Å². The number of hydrogen-bond acceptors (Lipinski definition) is 2. The van der Waals surface area contributed by atoms with Gasteiger partial charge in [0.25, 0.3) is 5.91 Å². The number of nitrogens with one attached hydrogen (secondary N) is 1. The zero-order valence-electron chi connectivity index (χ0n) is 10.6. The minimum Gasteiger partial charge on any atom is -0.346 e. The Morgan fingerprint density at radius 2 is 2.22 bits per heavy atom. The predicted molar refractivity (Wildman–Crippen MR) is 70.4 cm³/mol. The van der Waals surface area contributed by atoms with Crippen molar-refractivity contribution < 1.29 is 4.79 Å². The van der Waals surface area contributed by atoms with E-state index in [0.29, 0.717) is 18.5 Å². The molecule has 2 fully saturated rings. The second kappa shape index (κ2) is 4.76. The highest BCUT2D eigenvalue weighted by Crippen LogP contribution is 2.34. The third-order valence-corrected chi connectivity index (χ3v) is 4.24. The van der Waals surface area contributed by atoms with Crippen molar-refractivity contribution >= 4 is 5.91 Å². The van der Waals surface area contributed by atoms with Gasteiger partial charge in [0, 0.05) is 24.8 Å². The number of rotatable bonds is 5. The molecule has 2 saturated carbocycles. The largest absolute Gasteiger partial charge is 0.346 e. The molecule has 0 radical (unpaired) electrons. The molecule has 0 aromatic carbocycles. The normalized spacial score (nSPS) is 21.4. The van der Waals surface area contributed by atoms with E-state index in [1.807, 2.05) is 18.3 Å². The molecular formula is C14H21N3O. The molecule has 4 nitrogen and oxygen atoms in total. The summed E-state index contributed by atoms with van der Waals surface area (Å²) < 4.78 is 2.12. The van der Waals surface area contributed by atoms with Crippen molar-refractivity contribution in [1.29, 1.82) is 0 Å². The van der Waals surface area contributed by atoms with E-state index < -0.39 is 0 Å². The molecule has 3 N–H and O–H groups in total. The first-order valence-electron chi connectivity index (χ1n) is 6.97. The highest BCUT2D eigenvalue weighted by molar-refractivity contribution is 5.93. The van der Waals surface area contributed by atoms with Gasteiger partial charge in [-0.15, -0.1) is 0 Å². The van der Waals surface area contributed by atoms with Crippen molar-refractivity contribution in [3.05, 3.63) is 24.0 Å². The zero-order valence-corrected chi connectivity index (χ0v) is 10.6. The number of carbonyl (C=O) groups excluding carboxylic acids is 1. The predicted octanol–water partition coefficient (Wildman–Crippen LogP) is 1.68. The number of nitrogens with two attached hydrogens (primary N) is 1. The average molecular weight is 247 g/mol. The van der Waals surface area contributed by atoms with Crippen LogP contribution >= 0.6 is 0 Å². The summed E-state index contributed by atoms with van der Waals surface area (Å²) in [5, 5.41) is 3.09. The van der Waals surface area contributed by atoms with Crippen LogP contribution in [0, 0.1) is 5.92 Å². The maximum absolute atomic E-state index is 12.3. The Hall–Kier alpha value is -1.29. The number of carbonyl (C=O) groups is 1. The van der Waals surface area contributed by atoms with E-state index in [9.17, 15) is 4.79 Å². The van der Waals surface area contributed by atoms with Crippen LogP contribution in [0.4, 0.5) is 0 Å². The van der Waals surface area contributed by atoms with Crippen molar-refractivity contribution in [2.45, 2.75) is 44.2 Å². The van der Waals surface area contributed by atoms with Gasteiger partial charge in [0.15, 0.2) is 0 Å². The summed E-state index contributed by atoms with van der Waals surface area (Å²) in [5.41, 5.74) is 6.52. The Morgan fingerprint density at radius 1 is 1.44 bits per heavy atom. The van der Waals surface area contributed by atoms with Gasteiger partial charge in [0.05, 0.1) is 0 Å². The Balaban J connectivity index is 1.69. The van der Waals surface area contributed by atoms with Crippen molar-refractivity contribution in [3.63, 3.8) is 0 Å². The summed E-state index contributed by atoms with van der Waals surface area (Å²) in [5.74, 6) is 0.639. The molecule has 1 aromatic rings. The Labute approximate surface area is 108 Å². The summed E-state index contributed by atoms with van der Waals surface area (Å²) in [6.45, 7) is 0.542. The molecule has 0 aliphatic heterocycles. The third kappa shape index (κ3) is 2.17. The van der Waals surface area contributed by atoms with E-state index >= 15 is 0 Å². The molecular weight excluding hydrogens is 226 g/mol. The first-order chi connectivity index (χ1) is 8.79. The maximum atomic E-state index is 12.3. The standard InChI is InChI=1S/C14H21N3O/c15-9-12(10-6-7-10)16-14(18)13-5-2-8-17(13)11-3-1-4-11/h2,5,8,10-12H,1,3-4,6-7,9,15H2,(H,16,18). The summed E-state index contributed by atoms with van der Waals surface area (Å²) >= 11 is 0. The minimum absolute atomic E-state index is 0.0363. The Morgan fingerprint density at radius 3 is 2.78 bits per heavy atom.